The van der Waals surface area contributed by atoms with Gasteiger partial charge in [0, 0.05) is 19.0 Å². The van der Waals surface area contributed by atoms with Crippen LogP contribution in [0, 0.1) is 11.8 Å². The number of rotatable bonds is 6. The summed E-state index contributed by atoms with van der Waals surface area (Å²) in [4.78, 5) is 23.9. The average Bonchev–Trinajstić information content (AvgIpc) is 2.14. The Bertz CT molecular complexity index is 250. The highest BCUT2D eigenvalue weighted by Gasteiger charge is 2.23. The Morgan fingerprint density at radius 2 is 1.62 bits per heavy atom. The summed E-state index contributed by atoms with van der Waals surface area (Å²) in [7, 11) is 0. The molecule has 0 spiro atoms. The van der Waals surface area contributed by atoms with Gasteiger partial charge < -0.3 is 15.1 Å². The van der Waals surface area contributed by atoms with E-state index in [-0.39, 0.29) is 24.9 Å². The molecule has 1 amide bonds. The van der Waals surface area contributed by atoms with E-state index in [2.05, 4.69) is 0 Å². The van der Waals surface area contributed by atoms with Gasteiger partial charge in [0.05, 0.1) is 12.0 Å². The van der Waals surface area contributed by atoms with Crippen molar-refractivity contribution >= 4 is 11.9 Å². The van der Waals surface area contributed by atoms with Crippen molar-refractivity contribution in [3.05, 3.63) is 0 Å². The van der Waals surface area contributed by atoms with Gasteiger partial charge in [-0.25, -0.2) is 0 Å². The molecule has 0 rings (SSSR count). The van der Waals surface area contributed by atoms with E-state index in [9.17, 15) is 14.7 Å². The first-order chi connectivity index (χ1) is 7.25. The topological polar surface area (TPSA) is 77.8 Å². The maximum Gasteiger partial charge on any atom is 0.308 e. The number of carbonyl (C=O) groups is 2. The maximum absolute atomic E-state index is 11.8. The third kappa shape index (κ3) is 5.11. The van der Waals surface area contributed by atoms with Crippen molar-refractivity contribution in [2.75, 3.05) is 13.1 Å². The van der Waals surface area contributed by atoms with Crippen LogP contribution in [0.1, 0.15) is 27.7 Å². The smallest absolute Gasteiger partial charge is 0.308 e. The molecule has 0 aliphatic rings. The van der Waals surface area contributed by atoms with E-state index in [4.69, 9.17) is 5.11 Å². The van der Waals surface area contributed by atoms with Crippen molar-refractivity contribution < 1.29 is 19.8 Å². The molecular weight excluding hydrogens is 210 g/mol. The second kappa shape index (κ2) is 6.48. The van der Waals surface area contributed by atoms with Crippen molar-refractivity contribution in [3.8, 4) is 0 Å². The van der Waals surface area contributed by atoms with E-state index in [1.54, 1.807) is 27.7 Å². The number of carbonyl (C=O) groups excluding carboxylic acids is 1. The molecule has 0 saturated heterocycles. The van der Waals surface area contributed by atoms with Crippen molar-refractivity contribution in [1.82, 2.24) is 4.90 Å². The van der Waals surface area contributed by atoms with Gasteiger partial charge in [0.15, 0.2) is 0 Å². The first-order valence-electron chi connectivity index (χ1n) is 5.45. The Morgan fingerprint density at radius 3 is 1.94 bits per heavy atom. The molecule has 0 heterocycles. The number of hydrogen-bond donors (Lipinski definition) is 2. The Labute approximate surface area is 96.1 Å². The molecule has 2 atom stereocenters. The van der Waals surface area contributed by atoms with Crippen LogP contribution in [0.5, 0.6) is 0 Å². The molecule has 5 heteroatoms. The monoisotopic (exact) mass is 231 g/mol. The second-order valence-corrected chi connectivity index (χ2v) is 4.49. The second-order valence-electron chi connectivity index (χ2n) is 4.49. The largest absolute Gasteiger partial charge is 0.481 e. The predicted molar refractivity (Wildman–Crippen MR) is 59.9 cm³/mol. The molecular formula is C11H21NO4. The van der Waals surface area contributed by atoms with Gasteiger partial charge in [-0.1, -0.05) is 20.8 Å². The molecule has 16 heavy (non-hydrogen) atoms. The summed E-state index contributed by atoms with van der Waals surface area (Å²) < 4.78 is 0. The van der Waals surface area contributed by atoms with Gasteiger partial charge in [0.25, 0.3) is 0 Å². The Hall–Kier alpha value is -1.10. The minimum atomic E-state index is -0.938. The van der Waals surface area contributed by atoms with Crippen LogP contribution in [-0.2, 0) is 9.59 Å². The van der Waals surface area contributed by atoms with E-state index in [1.807, 2.05) is 0 Å². The standard InChI is InChI=1S/C11H21NO4/c1-7(2)10(14)12(6-9(4)13)5-8(3)11(15)16/h7-9,13H,5-6H2,1-4H3,(H,15,16). The van der Waals surface area contributed by atoms with Crippen LogP contribution in [0.2, 0.25) is 0 Å². The van der Waals surface area contributed by atoms with Crippen LogP contribution in [-0.4, -0.2) is 46.2 Å². The average molecular weight is 231 g/mol. The van der Waals surface area contributed by atoms with Crippen molar-refractivity contribution in [2.24, 2.45) is 11.8 Å². The fraction of sp³-hybridized carbons (Fsp3) is 0.818. The zero-order valence-electron chi connectivity index (χ0n) is 10.3. The summed E-state index contributed by atoms with van der Waals surface area (Å²) in [6.07, 6.45) is -0.649. The third-order valence-corrected chi connectivity index (χ3v) is 2.21. The van der Waals surface area contributed by atoms with Gasteiger partial charge in [-0.3, -0.25) is 9.59 Å². The fourth-order valence-corrected chi connectivity index (χ4v) is 1.35. The lowest BCUT2D eigenvalue weighted by atomic mass is 10.1. The van der Waals surface area contributed by atoms with E-state index < -0.39 is 18.0 Å². The van der Waals surface area contributed by atoms with E-state index in [0.29, 0.717) is 0 Å². The molecule has 0 aromatic carbocycles. The molecule has 0 fully saturated rings. The van der Waals surface area contributed by atoms with Gasteiger partial charge in [0.2, 0.25) is 5.91 Å². The van der Waals surface area contributed by atoms with E-state index in [0.717, 1.165) is 0 Å². The zero-order valence-corrected chi connectivity index (χ0v) is 10.3. The molecule has 0 aliphatic heterocycles. The van der Waals surface area contributed by atoms with Gasteiger partial charge in [-0.05, 0) is 6.92 Å². The van der Waals surface area contributed by atoms with Gasteiger partial charge >= 0.3 is 5.97 Å². The van der Waals surface area contributed by atoms with Crippen molar-refractivity contribution in [2.45, 2.75) is 33.8 Å². The lowest BCUT2D eigenvalue weighted by molar-refractivity contribution is -0.144. The number of nitrogens with zero attached hydrogens (tertiary/aromatic N) is 1. The SMILES string of the molecule is CC(O)CN(CC(C)C(=O)O)C(=O)C(C)C. The van der Waals surface area contributed by atoms with Crippen LogP contribution >= 0.6 is 0 Å². The number of aliphatic hydroxyl groups excluding tert-OH is 1. The molecule has 94 valence electrons. The predicted octanol–water partition coefficient (Wildman–Crippen LogP) is 0.573. The Kier molecular flexibility index (Phi) is 6.03. The van der Waals surface area contributed by atoms with Crippen LogP contribution in [0.3, 0.4) is 0 Å². The third-order valence-electron chi connectivity index (χ3n) is 2.21. The molecule has 0 bridgehead atoms. The number of amides is 1. The van der Waals surface area contributed by atoms with Crippen LogP contribution < -0.4 is 0 Å². The van der Waals surface area contributed by atoms with E-state index >= 15 is 0 Å². The van der Waals surface area contributed by atoms with E-state index in [1.165, 1.54) is 4.90 Å². The summed E-state index contributed by atoms with van der Waals surface area (Å²) >= 11 is 0. The number of hydrogen-bond acceptors (Lipinski definition) is 3. The molecule has 0 aliphatic carbocycles. The first-order valence-corrected chi connectivity index (χ1v) is 5.45. The molecule has 2 unspecified atom stereocenters. The molecule has 0 aromatic rings. The number of aliphatic hydroxyl groups is 1. The van der Waals surface area contributed by atoms with Gasteiger partial charge in [-0.15, -0.1) is 0 Å². The molecule has 0 saturated carbocycles. The van der Waals surface area contributed by atoms with Crippen LogP contribution in [0.15, 0.2) is 0 Å². The summed E-state index contributed by atoms with van der Waals surface area (Å²) in [5.41, 5.74) is 0. The summed E-state index contributed by atoms with van der Waals surface area (Å²) in [6, 6.07) is 0. The lowest BCUT2D eigenvalue weighted by Gasteiger charge is -2.27. The van der Waals surface area contributed by atoms with Gasteiger partial charge in [-0.2, -0.15) is 0 Å². The molecule has 0 aromatic heterocycles. The highest BCUT2D eigenvalue weighted by Crippen LogP contribution is 2.07. The minimum Gasteiger partial charge on any atom is -0.481 e. The van der Waals surface area contributed by atoms with Crippen molar-refractivity contribution in [3.63, 3.8) is 0 Å². The minimum absolute atomic E-state index is 0.131. The van der Waals surface area contributed by atoms with Crippen LogP contribution in [0.25, 0.3) is 0 Å². The molecule has 5 nitrogen and oxygen atoms in total. The number of aliphatic carboxylic acids is 1. The Morgan fingerprint density at radius 1 is 1.12 bits per heavy atom. The molecule has 2 N–H and O–H groups in total. The highest BCUT2D eigenvalue weighted by molar-refractivity contribution is 5.79. The molecule has 0 radical (unpaired) electrons. The Balaban J connectivity index is 4.55. The summed E-state index contributed by atoms with van der Waals surface area (Å²) in [5, 5.41) is 18.0. The first kappa shape index (κ1) is 14.9. The zero-order chi connectivity index (χ0) is 12.9. The normalized spacial score (nSPS) is 14.6. The van der Waals surface area contributed by atoms with Crippen molar-refractivity contribution in [1.29, 1.82) is 0 Å². The lowest BCUT2D eigenvalue weighted by Crippen LogP contribution is -2.42. The highest BCUT2D eigenvalue weighted by atomic mass is 16.4. The number of carboxylic acids is 1. The fourth-order valence-electron chi connectivity index (χ4n) is 1.35. The quantitative estimate of drug-likeness (QED) is 0.700. The van der Waals surface area contributed by atoms with Gasteiger partial charge in [0.1, 0.15) is 0 Å². The number of carboxylic acid groups (broad SMARTS) is 1. The van der Waals surface area contributed by atoms with Crippen LogP contribution in [0.4, 0.5) is 0 Å². The summed E-state index contributed by atoms with van der Waals surface area (Å²) in [6.45, 7) is 6.94. The summed E-state index contributed by atoms with van der Waals surface area (Å²) in [5.74, 6) is -1.89. The maximum atomic E-state index is 11.8.